The Labute approximate surface area is 96.7 Å². The van der Waals surface area contributed by atoms with E-state index in [1.807, 2.05) is 0 Å². The molecule has 84 valence electrons. The predicted octanol–water partition coefficient (Wildman–Crippen LogP) is 1.44. The van der Waals surface area contributed by atoms with Crippen molar-refractivity contribution in [2.75, 3.05) is 5.43 Å². The molecule has 0 bridgehead atoms. The van der Waals surface area contributed by atoms with Crippen molar-refractivity contribution in [3.8, 4) is 17.3 Å². The summed E-state index contributed by atoms with van der Waals surface area (Å²) in [5.41, 5.74) is 3.39. The molecule has 0 spiro atoms. The van der Waals surface area contributed by atoms with Crippen LogP contribution in [0.4, 0.5) is 10.2 Å². The van der Waals surface area contributed by atoms with Crippen LogP contribution in [0.3, 0.4) is 0 Å². The lowest BCUT2D eigenvalue weighted by atomic mass is 10.1. The van der Waals surface area contributed by atoms with Gasteiger partial charge in [-0.05, 0) is 18.2 Å². The molecule has 1 heterocycles. The highest BCUT2D eigenvalue weighted by molar-refractivity contribution is 5.71. The molecule has 0 fully saturated rings. The van der Waals surface area contributed by atoms with Crippen molar-refractivity contribution < 1.29 is 4.39 Å². The highest BCUT2D eigenvalue weighted by atomic mass is 19.1. The lowest BCUT2D eigenvalue weighted by Gasteiger charge is -2.06. The first-order chi connectivity index (χ1) is 8.26. The van der Waals surface area contributed by atoms with E-state index in [2.05, 4.69) is 15.4 Å². The zero-order chi connectivity index (χ0) is 12.3. The topological polar surface area (TPSA) is 87.6 Å². The molecule has 3 N–H and O–H groups in total. The number of nitrogens with one attached hydrogen (secondary N) is 1. The number of aromatic nitrogens is 2. The summed E-state index contributed by atoms with van der Waals surface area (Å²) >= 11 is 0. The number of hydrogen-bond acceptors (Lipinski definition) is 5. The van der Waals surface area contributed by atoms with E-state index in [-0.39, 0.29) is 5.56 Å². The molecule has 0 saturated carbocycles. The fourth-order valence-electron chi connectivity index (χ4n) is 1.41. The van der Waals surface area contributed by atoms with E-state index < -0.39 is 5.82 Å². The Balaban J connectivity index is 2.58. The lowest BCUT2D eigenvalue weighted by molar-refractivity contribution is 0.624. The molecule has 17 heavy (non-hydrogen) atoms. The van der Waals surface area contributed by atoms with E-state index in [0.29, 0.717) is 17.1 Å². The van der Waals surface area contributed by atoms with Gasteiger partial charge in [0.05, 0.1) is 5.56 Å². The van der Waals surface area contributed by atoms with Crippen molar-refractivity contribution in [3.05, 3.63) is 42.0 Å². The maximum atomic E-state index is 13.2. The van der Waals surface area contributed by atoms with Gasteiger partial charge in [0.15, 0.2) is 5.82 Å². The van der Waals surface area contributed by atoms with E-state index in [4.69, 9.17) is 11.1 Å². The van der Waals surface area contributed by atoms with Gasteiger partial charge in [-0.1, -0.05) is 0 Å². The number of nitrogens with zero attached hydrogens (tertiary/aromatic N) is 3. The quantitative estimate of drug-likeness (QED) is 0.601. The van der Waals surface area contributed by atoms with Gasteiger partial charge < -0.3 is 5.43 Å². The van der Waals surface area contributed by atoms with Crippen LogP contribution in [0.25, 0.3) is 11.3 Å². The lowest BCUT2D eigenvalue weighted by Crippen LogP contribution is -2.10. The first-order valence-electron chi connectivity index (χ1n) is 4.74. The van der Waals surface area contributed by atoms with Gasteiger partial charge in [0.1, 0.15) is 17.6 Å². The molecule has 0 unspecified atom stereocenters. The van der Waals surface area contributed by atoms with Crippen molar-refractivity contribution in [2.45, 2.75) is 0 Å². The molecule has 0 aliphatic rings. The minimum absolute atomic E-state index is 0.0453. The standard InChI is InChI=1S/C11H8FN5/c12-9-2-1-7(5-8(9)6-13)10-11(17-14)16-4-3-15-10/h1-5H,14H2,(H,16,17). The Bertz CT molecular complexity index is 591. The minimum atomic E-state index is -0.567. The van der Waals surface area contributed by atoms with E-state index in [1.54, 1.807) is 6.07 Å². The second-order valence-corrected chi connectivity index (χ2v) is 3.20. The van der Waals surface area contributed by atoms with Crippen LogP contribution in [0.5, 0.6) is 0 Å². The van der Waals surface area contributed by atoms with E-state index >= 15 is 0 Å². The number of rotatable bonds is 2. The molecule has 5 nitrogen and oxygen atoms in total. The van der Waals surface area contributed by atoms with Crippen LogP contribution >= 0.6 is 0 Å². The van der Waals surface area contributed by atoms with E-state index in [9.17, 15) is 4.39 Å². The first kappa shape index (κ1) is 11.0. The summed E-state index contributed by atoms with van der Waals surface area (Å²) in [6.45, 7) is 0. The summed E-state index contributed by atoms with van der Waals surface area (Å²) in [7, 11) is 0. The highest BCUT2D eigenvalue weighted by Crippen LogP contribution is 2.24. The maximum absolute atomic E-state index is 13.2. The molecule has 0 amide bonds. The van der Waals surface area contributed by atoms with Gasteiger partial charge in [-0.2, -0.15) is 5.26 Å². The fraction of sp³-hybridized carbons (Fsp3) is 0. The minimum Gasteiger partial charge on any atom is -0.307 e. The van der Waals surface area contributed by atoms with Crippen LogP contribution in [0.2, 0.25) is 0 Å². The summed E-state index contributed by atoms with van der Waals surface area (Å²) < 4.78 is 13.2. The second kappa shape index (κ2) is 4.55. The van der Waals surface area contributed by atoms with Gasteiger partial charge in [0.2, 0.25) is 0 Å². The smallest absolute Gasteiger partial charge is 0.166 e. The molecule has 2 aromatic rings. The monoisotopic (exact) mass is 229 g/mol. The van der Waals surface area contributed by atoms with Crippen molar-refractivity contribution in [2.24, 2.45) is 5.84 Å². The average Bonchev–Trinajstić information content (AvgIpc) is 2.39. The van der Waals surface area contributed by atoms with Crippen molar-refractivity contribution >= 4 is 5.82 Å². The number of hydrazine groups is 1. The Hall–Kier alpha value is -2.52. The van der Waals surface area contributed by atoms with Crippen LogP contribution in [0.15, 0.2) is 30.6 Å². The third kappa shape index (κ3) is 2.04. The average molecular weight is 229 g/mol. The van der Waals surface area contributed by atoms with E-state index in [0.717, 1.165) is 0 Å². The largest absolute Gasteiger partial charge is 0.307 e. The Morgan fingerprint density at radius 3 is 2.76 bits per heavy atom. The number of nitrogens with two attached hydrogens (primary N) is 1. The van der Waals surface area contributed by atoms with Crippen LogP contribution in [0, 0.1) is 17.1 Å². The maximum Gasteiger partial charge on any atom is 0.166 e. The third-order valence-electron chi connectivity index (χ3n) is 2.20. The van der Waals surface area contributed by atoms with Crippen LogP contribution < -0.4 is 11.3 Å². The van der Waals surface area contributed by atoms with Gasteiger partial charge >= 0.3 is 0 Å². The van der Waals surface area contributed by atoms with Gasteiger partial charge in [-0.25, -0.2) is 15.2 Å². The van der Waals surface area contributed by atoms with Crippen LogP contribution in [-0.4, -0.2) is 9.97 Å². The predicted molar refractivity (Wildman–Crippen MR) is 60.0 cm³/mol. The Kier molecular flexibility index (Phi) is 2.94. The molecule has 1 aromatic heterocycles. The first-order valence-corrected chi connectivity index (χ1v) is 4.74. The van der Waals surface area contributed by atoms with Gasteiger partial charge in [0, 0.05) is 18.0 Å². The molecule has 1 aromatic carbocycles. The Morgan fingerprint density at radius 1 is 1.29 bits per heavy atom. The molecule has 0 aliphatic carbocycles. The summed E-state index contributed by atoms with van der Waals surface area (Å²) in [5.74, 6) is 5.09. The number of nitrogen functional groups attached to an aromatic ring is 1. The number of anilines is 1. The zero-order valence-electron chi connectivity index (χ0n) is 8.68. The molecule has 0 radical (unpaired) electrons. The van der Waals surface area contributed by atoms with Gasteiger partial charge in [-0.3, -0.25) is 4.98 Å². The summed E-state index contributed by atoms with van der Waals surface area (Å²) in [4.78, 5) is 8.06. The summed E-state index contributed by atoms with van der Waals surface area (Å²) in [5, 5.41) is 8.75. The molecular weight excluding hydrogens is 221 g/mol. The number of halogens is 1. The third-order valence-corrected chi connectivity index (χ3v) is 2.20. The summed E-state index contributed by atoms with van der Waals surface area (Å²) in [6.07, 6.45) is 2.97. The molecule has 2 rings (SSSR count). The normalized spacial score (nSPS) is 9.71. The van der Waals surface area contributed by atoms with Crippen molar-refractivity contribution in [1.82, 2.24) is 9.97 Å². The van der Waals surface area contributed by atoms with Crippen molar-refractivity contribution in [1.29, 1.82) is 5.26 Å². The molecule has 6 heteroatoms. The number of benzene rings is 1. The highest BCUT2D eigenvalue weighted by Gasteiger charge is 2.09. The van der Waals surface area contributed by atoms with Gasteiger partial charge in [-0.15, -0.1) is 0 Å². The van der Waals surface area contributed by atoms with Crippen LogP contribution in [0.1, 0.15) is 5.56 Å². The fourth-order valence-corrected chi connectivity index (χ4v) is 1.41. The number of hydrogen-bond donors (Lipinski definition) is 2. The van der Waals surface area contributed by atoms with Crippen molar-refractivity contribution in [3.63, 3.8) is 0 Å². The molecule has 0 atom stereocenters. The molecule has 0 saturated heterocycles. The Morgan fingerprint density at radius 2 is 2.06 bits per heavy atom. The second-order valence-electron chi connectivity index (χ2n) is 3.20. The van der Waals surface area contributed by atoms with E-state index in [1.165, 1.54) is 30.6 Å². The van der Waals surface area contributed by atoms with Crippen LogP contribution in [-0.2, 0) is 0 Å². The van der Waals surface area contributed by atoms with Gasteiger partial charge in [0.25, 0.3) is 0 Å². The number of nitriles is 1. The summed E-state index contributed by atoms with van der Waals surface area (Å²) in [6, 6.07) is 5.90. The molecular formula is C11H8FN5. The SMILES string of the molecule is N#Cc1cc(-c2nccnc2NN)ccc1F. The molecule has 0 aliphatic heterocycles. The zero-order valence-corrected chi connectivity index (χ0v) is 8.68.